The summed E-state index contributed by atoms with van der Waals surface area (Å²) in [4.78, 5) is 2.72. The van der Waals surface area contributed by atoms with Gasteiger partial charge in [-0.25, -0.2) is 0 Å². The van der Waals surface area contributed by atoms with Crippen molar-refractivity contribution in [1.29, 1.82) is 0 Å². The van der Waals surface area contributed by atoms with E-state index in [4.69, 9.17) is 4.74 Å². The standard InChI is InChI=1S/C13H24N2O/c1-10-8-14-5-2-6-15(9-10)12-7-11-3-4-13(12)16-11/h10-14H,2-9H2,1H3. The predicted molar refractivity (Wildman–Crippen MR) is 64.5 cm³/mol. The normalized spacial score (nSPS) is 45.6. The minimum atomic E-state index is 0.560. The number of nitrogens with zero attached hydrogens (tertiary/aromatic N) is 1. The number of rotatable bonds is 1. The van der Waals surface area contributed by atoms with Crippen LogP contribution in [0.25, 0.3) is 0 Å². The van der Waals surface area contributed by atoms with Gasteiger partial charge in [-0.1, -0.05) is 6.92 Å². The molecule has 0 aromatic carbocycles. The molecule has 0 radical (unpaired) electrons. The van der Waals surface area contributed by atoms with Crippen LogP contribution >= 0.6 is 0 Å². The van der Waals surface area contributed by atoms with Crippen LogP contribution in [0.5, 0.6) is 0 Å². The largest absolute Gasteiger partial charge is 0.373 e. The van der Waals surface area contributed by atoms with Crippen molar-refractivity contribution in [3.8, 4) is 0 Å². The van der Waals surface area contributed by atoms with Crippen LogP contribution in [0.1, 0.15) is 32.6 Å². The molecular formula is C13H24N2O. The first-order valence-corrected chi connectivity index (χ1v) is 6.93. The van der Waals surface area contributed by atoms with E-state index in [9.17, 15) is 0 Å². The fourth-order valence-electron chi connectivity index (χ4n) is 3.61. The third kappa shape index (κ3) is 2.13. The Morgan fingerprint density at radius 1 is 1.31 bits per heavy atom. The fraction of sp³-hybridized carbons (Fsp3) is 1.00. The van der Waals surface area contributed by atoms with Gasteiger partial charge in [0.1, 0.15) is 0 Å². The van der Waals surface area contributed by atoms with E-state index in [2.05, 4.69) is 17.1 Å². The molecule has 4 unspecified atom stereocenters. The van der Waals surface area contributed by atoms with Crippen LogP contribution in [0.4, 0.5) is 0 Å². The van der Waals surface area contributed by atoms with Gasteiger partial charge in [0.25, 0.3) is 0 Å². The summed E-state index contributed by atoms with van der Waals surface area (Å²) < 4.78 is 5.99. The van der Waals surface area contributed by atoms with Crippen LogP contribution in [0, 0.1) is 5.92 Å². The van der Waals surface area contributed by atoms with Gasteiger partial charge in [0.15, 0.2) is 0 Å². The van der Waals surface area contributed by atoms with Gasteiger partial charge in [-0.15, -0.1) is 0 Å². The van der Waals surface area contributed by atoms with E-state index in [0.717, 1.165) is 12.0 Å². The molecule has 3 heteroatoms. The van der Waals surface area contributed by atoms with Crippen LogP contribution in [-0.2, 0) is 4.74 Å². The van der Waals surface area contributed by atoms with Crippen molar-refractivity contribution in [3.63, 3.8) is 0 Å². The predicted octanol–water partition coefficient (Wildman–Crippen LogP) is 1.24. The number of ether oxygens (including phenoxy) is 1. The summed E-state index contributed by atoms with van der Waals surface area (Å²) in [5.41, 5.74) is 0. The molecule has 3 aliphatic heterocycles. The van der Waals surface area contributed by atoms with Crippen molar-refractivity contribution in [2.75, 3.05) is 26.2 Å². The van der Waals surface area contributed by atoms with Gasteiger partial charge in [0.2, 0.25) is 0 Å². The molecule has 16 heavy (non-hydrogen) atoms. The van der Waals surface area contributed by atoms with Gasteiger partial charge in [0.05, 0.1) is 12.2 Å². The van der Waals surface area contributed by atoms with Gasteiger partial charge in [-0.05, 0) is 51.2 Å². The van der Waals surface area contributed by atoms with E-state index in [-0.39, 0.29) is 0 Å². The number of nitrogens with one attached hydrogen (secondary N) is 1. The monoisotopic (exact) mass is 224 g/mol. The van der Waals surface area contributed by atoms with Crippen molar-refractivity contribution in [2.45, 2.75) is 50.9 Å². The zero-order chi connectivity index (χ0) is 11.0. The maximum absolute atomic E-state index is 5.99. The fourth-order valence-corrected chi connectivity index (χ4v) is 3.61. The second kappa shape index (κ2) is 4.63. The van der Waals surface area contributed by atoms with E-state index in [1.54, 1.807) is 0 Å². The molecule has 3 saturated heterocycles. The average molecular weight is 224 g/mol. The second-order valence-corrected chi connectivity index (χ2v) is 5.83. The SMILES string of the molecule is CC1CNCCCN(C2CC3CCC2O3)C1. The minimum Gasteiger partial charge on any atom is -0.373 e. The Morgan fingerprint density at radius 2 is 2.25 bits per heavy atom. The molecule has 3 nitrogen and oxygen atoms in total. The topological polar surface area (TPSA) is 24.5 Å². The molecule has 3 rings (SSSR count). The first kappa shape index (κ1) is 11.0. The van der Waals surface area contributed by atoms with Crippen LogP contribution < -0.4 is 5.32 Å². The molecule has 3 aliphatic rings. The third-order valence-electron chi connectivity index (χ3n) is 4.38. The highest BCUT2D eigenvalue weighted by Crippen LogP contribution is 2.37. The lowest BCUT2D eigenvalue weighted by Gasteiger charge is -2.36. The summed E-state index contributed by atoms with van der Waals surface area (Å²) in [6.45, 7) is 7.24. The van der Waals surface area contributed by atoms with E-state index in [0.29, 0.717) is 12.2 Å². The molecule has 0 aromatic rings. The van der Waals surface area contributed by atoms with Crippen molar-refractivity contribution in [3.05, 3.63) is 0 Å². The molecule has 0 saturated carbocycles. The van der Waals surface area contributed by atoms with Crippen molar-refractivity contribution in [2.24, 2.45) is 5.92 Å². The third-order valence-corrected chi connectivity index (χ3v) is 4.38. The smallest absolute Gasteiger partial charge is 0.0735 e. The van der Waals surface area contributed by atoms with Crippen molar-refractivity contribution >= 4 is 0 Å². The van der Waals surface area contributed by atoms with Crippen molar-refractivity contribution < 1.29 is 4.74 Å². The molecule has 2 bridgehead atoms. The van der Waals surface area contributed by atoms with Gasteiger partial charge in [-0.3, -0.25) is 4.90 Å². The highest BCUT2D eigenvalue weighted by Gasteiger charge is 2.43. The number of hydrogen-bond donors (Lipinski definition) is 1. The maximum atomic E-state index is 5.99. The first-order chi connectivity index (χ1) is 7.83. The first-order valence-electron chi connectivity index (χ1n) is 6.93. The lowest BCUT2D eigenvalue weighted by Crippen LogP contribution is -2.47. The van der Waals surface area contributed by atoms with E-state index < -0.39 is 0 Å². The summed E-state index contributed by atoms with van der Waals surface area (Å²) in [7, 11) is 0. The van der Waals surface area contributed by atoms with E-state index >= 15 is 0 Å². The van der Waals surface area contributed by atoms with E-state index in [1.807, 2.05) is 0 Å². The molecule has 0 spiro atoms. The zero-order valence-electron chi connectivity index (χ0n) is 10.3. The Morgan fingerprint density at radius 3 is 3.00 bits per heavy atom. The average Bonchev–Trinajstić information content (AvgIpc) is 2.84. The minimum absolute atomic E-state index is 0.560. The van der Waals surface area contributed by atoms with Crippen molar-refractivity contribution in [1.82, 2.24) is 10.2 Å². The molecule has 4 atom stereocenters. The van der Waals surface area contributed by atoms with Gasteiger partial charge in [-0.2, -0.15) is 0 Å². The summed E-state index contributed by atoms with van der Waals surface area (Å²) in [6, 6.07) is 0.735. The summed E-state index contributed by atoms with van der Waals surface area (Å²) >= 11 is 0. The highest BCUT2D eigenvalue weighted by molar-refractivity contribution is 4.95. The molecule has 3 heterocycles. The molecule has 1 N–H and O–H groups in total. The van der Waals surface area contributed by atoms with Crippen LogP contribution in [-0.4, -0.2) is 49.3 Å². The summed E-state index contributed by atoms with van der Waals surface area (Å²) in [5, 5.41) is 3.52. The van der Waals surface area contributed by atoms with Crippen LogP contribution in [0.3, 0.4) is 0 Å². The summed E-state index contributed by atoms with van der Waals surface area (Å²) in [6.07, 6.45) is 6.36. The molecule has 0 aliphatic carbocycles. The lowest BCUT2D eigenvalue weighted by atomic mass is 9.93. The number of fused-ring (bicyclic) bond motifs is 2. The van der Waals surface area contributed by atoms with Gasteiger partial charge < -0.3 is 10.1 Å². The molecular weight excluding hydrogens is 200 g/mol. The molecule has 0 aromatic heterocycles. The van der Waals surface area contributed by atoms with E-state index in [1.165, 1.54) is 51.9 Å². The van der Waals surface area contributed by atoms with Crippen LogP contribution in [0.15, 0.2) is 0 Å². The summed E-state index contributed by atoms with van der Waals surface area (Å²) in [5.74, 6) is 0.777. The Kier molecular flexibility index (Phi) is 3.18. The molecule has 3 fully saturated rings. The Balaban J connectivity index is 1.63. The zero-order valence-corrected chi connectivity index (χ0v) is 10.3. The quantitative estimate of drug-likeness (QED) is 0.725. The Labute approximate surface area is 98.5 Å². The maximum Gasteiger partial charge on any atom is 0.0735 e. The van der Waals surface area contributed by atoms with Gasteiger partial charge >= 0.3 is 0 Å². The Bertz CT molecular complexity index is 246. The second-order valence-electron chi connectivity index (χ2n) is 5.83. The highest BCUT2D eigenvalue weighted by atomic mass is 16.5. The molecule has 0 amide bonds. The Hall–Kier alpha value is -0.120. The molecule has 92 valence electrons. The lowest BCUT2D eigenvalue weighted by molar-refractivity contribution is 0.0621. The van der Waals surface area contributed by atoms with Gasteiger partial charge in [0, 0.05) is 12.6 Å². The number of hydrogen-bond acceptors (Lipinski definition) is 3. The van der Waals surface area contributed by atoms with Crippen LogP contribution in [0.2, 0.25) is 0 Å².